The minimum Gasteiger partial charge on any atom is -0.497 e. The molecule has 0 bridgehead atoms. The van der Waals surface area contributed by atoms with E-state index in [-0.39, 0.29) is 29.5 Å². The first-order valence-electron chi connectivity index (χ1n) is 11.6. The maximum absolute atomic E-state index is 12.8. The minimum absolute atomic E-state index is 0.0776. The highest BCUT2D eigenvalue weighted by Crippen LogP contribution is 2.26. The predicted octanol–water partition coefficient (Wildman–Crippen LogP) is 4.81. The van der Waals surface area contributed by atoms with Gasteiger partial charge in [0.1, 0.15) is 5.75 Å². The van der Waals surface area contributed by atoms with E-state index in [1.807, 2.05) is 49.7 Å². The van der Waals surface area contributed by atoms with E-state index in [9.17, 15) is 9.59 Å². The molecule has 1 aromatic heterocycles. The number of rotatable bonds is 10. The second kappa shape index (κ2) is 11.9. The molecule has 0 aliphatic rings. The number of carbonyl (C=O) groups is 2. The molecule has 3 rings (SSSR count). The molecule has 2 amide bonds. The average Bonchev–Trinajstić information content (AvgIpc) is 3.20. The van der Waals surface area contributed by atoms with Crippen molar-refractivity contribution in [1.82, 2.24) is 20.1 Å². The maximum Gasteiger partial charge on any atom is 0.251 e. The summed E-state index contributed by atoms with van der Waals surface area (Å²) in [5, 5.41) is 15.3. The highest BCUT2D eigenvalue weighted by Gasteiger charge is 2.25. The van der Waals surface area contributed by atoms with E-state index in [0.29, 0.717) is 28.2 Å². The van der Waals surface area contributed by atoms with E-state index in [1.165, 1.54) is 11.8 Å². The number of nitrogens with zero attached hydrogens (tertiary/aromatic N) is 3. The molecule has 2 N–H and O–H groups in total. The largest absolute Gasteiger partial charge is 0.497 e. The topological polar surface area (TPSA) is 98.1 Å². The number of carbonyl (C=O) groups excluding carboxylic acids is 2. The van der Waals surface area contributed by atoms with Gasteiger partial charge in [-0.05, 0) is 47.7 Å². The van der Waals surface area contributed by atoms with Crippen LogP contribution in [-0.2, 0) is 11.8 Å². The van der Waals surface area contributed by atoms with Crippen LogP contribution in [0.3, 0.4) is 0 Å². The number of thioether (sulfide) groups is 1. The Hall–Kier alpha value is -3.33. The zero-order valence-electron chi connectivity index (χ0n) is 21.0. The van der Waals surface area contributed by atoms with Gasteiger partial charge in [0.25, 0.3) is 5.91 Å². The first-order valence-corrected chi connectivity index (χ1v) is 12.6. The molecule has 35 heavy (non-hydrogen) atoms. The molecule has 186 valence electrons. The Labute approximate surface area is 210 Å². The molecule has 1 atom stereocenters. The Morgan fingerprint density at radius 1 is 1.03 bits per heavy atom. The van der Waals surface area contributed by atoms with Gasteiger partial charge in [-0.25, -0.2) is 0 Å². The van der Waals surface area contributed by atoms with E-state index in [2.05, 4.69) is 34.7 Å². The molecule has 8 nitrogen and oxygen atoms in total. The van der Waals surface area contributed by atoms with Crippen LogP contribution < -0.4 is 15.4 Å². The summed E-state index contributed by atoms with van der Waals surface area (Å²) in [6.45, 7) is 8.22. The van der Waals surface area contributed by atoms with Crippen LogP contribution in [0, 0.1) is 5.92 Å². The van der Waals surface area contributed by atoms with Gasteiger partial charge in [-0.3, -0.25) is 9.59 Å². The number of hydrogen-bond acceptors (Lipinski definition) is 6. The number of ether oxygens (including phenoxy) is 1. The van der Waals surface area contributed by atoms with Gasteiger partial charge >= 0.3 is 0 Å². The highest BCUT2D eigenvalue weighted by atomic mass is 32.2. The van der Waals surface area contributed by atoms with Gasteiger partial charge in [0.15, 0.2) is 11.0 Å². The Morgan fingerprint density at radius 3 is 2.34 bits per heavy atom. The smallest absolute Gasteiger partial charge is 0.251 e. The summed E-state index contributed by atoms with van der Waals surface area (Å²) in [6.07, 6.45) is 0. The van der Waals surface area contributed by atoms with Crippen LogP contribution in [-0.4, -0.2) is 39.4 Å². The van der Waals surface area contributed by atoms with Crippen molar-refractivity contribution in [2.24, 2.45) is 13.0 Å². The Balaban J connectivity index is 1.67. The van der Waals surface area contributed by atoms with Crippen LogP contribution in [0.1, 0.15) is 61.4 Å². The highest BCUT2D eigenvalue weighted by molar-refractivity contribution is 7.99. The number of nitrogens with one attached hydrogen (secondary N) is 2. The van der Waals surface area contributed by atoms with Gasteiger partial charge in [-0.15, -0.1) is 10.2 Å². The molecule has 0 aliphatic carbocycles. The molecule has 1 heterocycles. The zero-order chi connectivity index (χ0) is 25.5. The fourth-order valence-corrected chi connectivity index (χ4v) is 4.37. The molecule has 0 saturated heterocycles. The monoisotopic (exact) mass is 495 g/mol. The number of benzene rings is 2. The van der Waals surface area contributed by atoms with Crippen molar-refractivity contribution in [2.75, 3.05) is 18.2 Å². The first-order chi connectivity index (χ1) is 16.7. The third-order valence-electron chi connectivity index (χ3n) is 5.64. The van der Waals surface area contributed by atoms with Crippen molar-refractivity contribution in [2.45, 2.75) is 44.8 Å². The fraction of sp³-hybridized carbons (Fsp3) is 0.385. The third-order valence-corrected chi connectivity index (χ3v) is 6.66. The van der Waals surface area contributed by atoms with E-state index < -0.39 is 0 Å². The average molecular weight is 496 g/mol. The molecule has 9 heteroatoms. The lowest BCUT2D eigenvalue weighted by atomic mass is 10.0. The number of hydrogen-bond donors (Lipinski definition) is 2. The Kier molecular flexibility index (Phi) is 8.92. The van der Waals surface area contributed by atoms with E-state index in [1.54, 1.807) is 31.4 Å². The summed E-state index contributed by atoms with van der Waals surface area (Å²) >= 11 is 1.31. The van der Waals surface area contributed by atoms with Gasteiger partial charge in [0.2, 0.25) is 5.91 Å². The second-order valence-corrected chi connectivity index (χ2v) is 9.84. The molecule has 0 fully saturated rings. The van der Waals surface area contributed by atoms with Crippen LogP contribution in [0.15, 0.2) is 53.7 Å². The Morgan fingerprint density at radius 2 is 1.71 bits per heavy atom. The lowest BCUT2D eigenvalue weighted by Crippen LogP contribution is -2.33. The normalized spacial score (nSPS) is 12.0. The summed E-state index contributed by atoms with van der Waals surface area (Å²) in [4.78, 5) is 25.5. The molecule has 0 spiro atoms. The summed E-state index contributed by atoms with van der Waals surface area (Å²) in [6, 6.07) is 14.4. The van der Waals surface area contributed by atoms with Crippen molar-refractivity contribution < 1.29 is 14.3 Å². The molecule has 0 saturated carbocycles. The van der Waals surface area contributed by atoms with E-state index >= 15 is 0 Å². The molecular weight excluding hydrogens is 462 g/mol. The van der Waals surface area contributed by atoms with Gasteiger partial charge in [-0.2, -0.15) is 0 Å². The van der Waals surface area contributed by atoms with Crippen LogP contribution in [0.2, 0.25) is 0 Å². The van der Waals surface area contributed by atoms with Crippen LogP contribution in [0.25, 0.3) is 0 Å². The third kappa shape index (κ3) is 6.63. The van der Waals surface area contributed by atoms with Crippen LogP contribution in [0.5, 0.6) is 5.75 Å². The number of aromatic nitrogens is 3. The van der Waals surface area contributed by atoms with Crippen molar-refractivity contribution >= 4 is 29.3 Å². The number of anilines is 1. The Bertz CT molecular complexity index is 1160. The van der Waals surface area contributed by atoms with Gasteiger partial charge in [-0.1, -0.05) is 57.7 Å². The van der Waals surface area contributed by atoms with E-state index in [4.69, 9.17) is 4.74 Å². The lowest BCUT2D eigenvalue weighted by Gasteiger charge is -2.21. The predicted molar refractivity (Wildman–Crippen MR) is 139 cm³/mol. The van der Waals surface area contributed by atoms with Crippen molar-refractivity contribution in [1.29, 1.82) is 0 Å². The van der Waals surface area contributed by atoms with Crippen molar-refractivity contribution in [3.8, 4) is 5.75 Å². The minimum atomic E-state index is -0.344. The standard InChI is InChI=1S/C26H33N5O3S/c1-16(2)20-9-7-8-10-21(20)27-22(32)15-35-26-30-29-24(31(26)5)23(17(3)4)28-25(33)18-11-13-19(34-6)14-12-18/h7-14,16-17,23H,15H2,1-6H3,(H,27,32)(H,28,33). The summed E-state index contributed by atoms with van der Waals surface area (Å²) in [5.74, 6) is 1.59. The maximum atomic E-state index is 12.8. The first kappa shape index (κ1) is 26.3. The molecule has 3 aromatic rings. The molecular formula is C26H33N5O3S. The second-order valence-electron chi connectivity index (χ2n) is 8.90. The molecule has 0 radical (unpaired) electrons. The molecule has 0 aliphatic heterocycles. The summed E-state index contributed by atoms with van der Waals surface area (Å²) in [7, 11) is 3.43. The quantitative estimate of drug-likeness (QED) is 0.392. The summed E-state index contributed by atoms with van der Waals surface area (Å²) < 4.78 is 6.99. The van der Waals surface area contributed by atoms with Gasteiger partial charge < -0.3 is 19.9 Å². The van der Waals surface area contributed by atoms with Crippen molar-refractivity contribution in [3.63, 3.8) is 0 Å². The zero-order valence-corrected chi connectivity index (χ0v) is 21.8. The van der Waals surface area contributed by atoms with Gasteiger partial charge in [0.05, 0.1) is 18.9 Å². The lowest BCUT2D eigenvalue weighted by molar-refractivity contribution is -0.113. The van der Waals surface area contributed by atoms with Crippen LogP contribution in [0.4, 0.5) is 5.69 Å². The summed E-state index contributed by atoms with van der Waals surface area (Å²) in [5.41, 5.74) is 2.46. The fourth-order valence-electron chi connectivity index (χ4n) is 3.65. The van der Waals surface area contributed by atoms with E-state index in [0.717, 1.165) is 11.3 Å². The van der Waals surface area contributed by atoms with Crippen molar-refractivity contribution in [3.05, 3.63) is 65.5 Å². The molecule has 2 aromatic carbocycles. The van der Waals surface area contributed by atoms with Gasteiger partial charge in [0, 0.05) is 18.3 Å². The van der Waals surface area contributed by atoms with Crippen LogP contribution >= 0.6 is 11.8 Å². The number of para-hydroxylation sites is 1. The number of methoxy groups -OCH3 is 1. The SMILES string of the molecule is COc1ccc(C(=O)NC(c2nnc(SCC(=O)Nc3ccccc3C(C)C)n2C)C(C)C)cc1. The molecule has 1 unspecified atom stereocenters. The number of amides is 2.